The molecule has 1 aromatic rings. The van der Waals surface area contributed by atoms with Crippen LogP contribution in [-0.2, 0) is 11.3 Å². The summed E-state index contributed by atoms with van der Waals surface area (Å²) in [4.78, 5) is 2.22. The Balaban J connectivity index is 2.26. The van der Waals surface area contributed by atoms with E-state index in [1.54, 1.807) is 0 Å². The van der Waals surface area contributed by atoms with Crippen LogP contribution in [0.4, 0.5) is 5.69 Å². The summed E-state index contributed by atoms with van der Waals surface area (Å²) in [7, 11) is 2.07. The number of hydrogen-bond donors (Lipinski definition) is 1. The molecule has 1 saturated heterocycles. The van der Waals surface area contributed by atoms with Crippen molar-refractivity contribution in [3.63, 3.8) is 0 Å². The molecule has 1 heterocycles. The van der Waals surface area contributed by atoms with E-state index in [2.05, 4.69) is 34.8 Å². The lowest BCUT2D eigenvalue weighted by Crippen LogP contribution is -2.37. The van der Waals surface area contributed by atoms with Crippen LogP contribution in [0.15, 0.2) is 22.7 Å². The van der Waals surface area contributed by atoms with Gasteiger partial charge in [-0.3, -0.25) is 0 Å². The summed E-state index contributed by atoms with van der Waals surface area (Å²) < 4.78 is 6.59. The number of aliphatic hydroxyl groups is 1. The number of rotatable bonds is 3. The monoisotopic (exact) mass is 299 g/mol. The molecule has 0 aromatic heterocycles. The smallest absolute Gasteiger partial charge is 0.0750 e. The Kier molecular flexibility index (Phi) is 4.07. The molecule has 94 valence electrons. The van der Waals surface area contributed by atoms with Gasteiger partial charge in [0.2, 0.25) is 0 Å². The van der Waals surface area contributed by atoms with E-state index in [0.29, 0.717) is 6.04 Å². The quantitative estimate of drug-likeness (QED) is 0.931. The molecule has 0 bridgehead atoms. The first-order valence-electron chi connectivity index (χ1n) is 5.87. The van der Waals surface area contributed by atoms with Crippen LogP contribution in [0.25, 0.3) is 0 Å². The normalized spacial score (nSPS) is 24.0. The second-order valence-corrected chi connectivity index (χ2v) is 5.39. The first kappa shape index (κ1) is 12.9. The summed E-state index contributed by atoms with van der Waals surface area (Å²) >= 11 is 3.43. The maximum atomic E-state index is 9.42. The zero-order valence-corrected chi connectivity index (χ0v) is 11.8. The van der Waals surface area contributed by atoms with Crippen molar-refractivity contribution in [2.75, 3.05) is 18.6 Å². The zero-order valence-electron chi connectivity index (χ0n) is 10.2. The number of benzene rings is 1. The van der Waals surface area contributed by atoms with Gasteiger partial charge < -0.3 is 14.7 Å². The molecule has 2 unspecified atom stereocenters. The van der Waals surface area contributed by atoms with E-state index < -0.39 is 0 Å². The Morgan fingerprint density at radius 2 is 2.29 bits per heavy atom. The minimum absolute atomic E-state index is 0.0566. The van der Waals surface area contributed by atoms with Crippen molar-refractivity contribution in [2.45, 2.75) is 32.1 Å². The first-order chi connectivity index (χ1) is 8.13. The molecule has 0 radical (unpaired) electrons. The van der Waals surface area contributed by atoms with Gasteiger partial charge in [-0.15, -0.1) is 0 Å². The fourth-order valence-corrected chi connectivity index (χ4v) is 2.84. The Morgan fingerprint density at radius 3 is 2.88 bits per heavy atom. The molecule has 0 spiro atoms. The van der Waals surface area contributed by atoms with Crippen molar-refractivity contribution in [3.8, 4) is 0 Å². The second kappa shape index (κ2) is 5.38. The van der Waals surface area contributed by atoms with Gasteiger partial charge in [0.25, 0.3) is 0 Å². The van der Waals surface area contributed by atoms with Crippen LogP contribution >= 0.6 is 15.9 Å². The molecule has 1 aromatic carbocycles. The fraction of sp³-hybridized carbons (Fsp3) is 0.538. The number of halogens is 1. The van der Waals surface area contributed by atoms with Crippen LogP contribution in [0.5, 0.6) is 0 Å². The molecular formula is C13H18BrNO2. The van der Waals surface area contributed by atoms with Crippen molar-refractivity contribution in [2.24, 2.45) is 0 Å². The Labute approximate surface area is 111 Å². The molecule has 1 aliphatic heterocycles. The van der Waals surface area contributed by atoms with E-state index in [1.165, 1.54) is 0 Å². The Hall–Kier alpha value is -0.580. The zero-order chi connectivity index (χ0) is 12.4. The minimum atomic E-state index is 0.0566. The van der Waals surface area contributed by atoms with Gasteiger partial charge in [-0.1, -0.05) is 15.9 Å². The number of anilines is 1. The Bertz CT molecular complexity index is 397. The van der Waals surface area contributed by atoms with Crippen LogP contribution in [0.3, 0.4) is 0 Å². The van der Waals surface area contributed by atoms with E-state index in [4.69, 9.17) is 4.74 Å². The molecule has 0 amide bonds. The third-order valence-electron chi connectivity index (χ3n) is 3.43. The average molecular weight is 300 g/mol. The number of aliphatic hydroxyl groups excluding tert-OH is 1. The molecule has 3 nitrogen and oxygen atoms in total. The number of likely N-dealkylation sites (N-methyl/N-ethyl adjacent to an activating group) is 1. The van der Waals surface area contributed by atoms with E-state index >= 15 is 0 Å². The van der Waals surface area contributed by atoms with Gasteiger partial charge in [0.15, 0.2) is 0 Å². The Morgan fingerprint density at radius 1 is 1.53 bits per heavy atom. The van der Waals surface area contributed by atoms with Crippen molar-refractivity contribution >= 4 is 21.6 Å². The molecule has 1 fully saturated rings. The van der Waals surface area contributed by atoms with E-state index in [9.17, 15) is 5.11 Å². The highest BCUT2D eigenvalue weighted by molar-refractivity contribution is 9.10. The van der Waals surface area contributed by atoms with E-state index in [-0.39, 0.29) is 12.7 Å². The lowest BCUT2D eigenvalue weighted by molar-refractivity contribution is 0.118. The molecule has 2 rings (SSSR count). The molecule has 17 heavy (non-hydrogen) atoms. The molecule has 1 aliphatic rings. The molecule has 0 aliphatic carbocycles. The maximum absolute atomic E-state index is 9.42. The summed E-state index contributed by atoms with van der Waals surface area (Å²) in [6.45, 7) is 2.98. The largest absolute Gasteiger partial charge is 0.392 e. The molecule has 4 heteroatoms. The highest BCUT2D eigenvalue weighted by Gasteiger charge is 2.28. The van der Waals surface area contributed by atoms with Gasteiger partial charge in [0, 0.05) is 29.4 Å². The number of hydrogen-bond acceptors (Lipinski definition) is 3. The highest BCUT2D eigenvalue weighted by Crippen LogP contribution is 2.29. The van der Waals surface area contributed by atoms with Crippen molar-refractivity contribution < 1.29 is 9.84 Å². The van der Waals surface area contributed by atoms with Crippen LogP contribution in [-0.4, -0.2) is 30.9 Å². The van der Waals surface area contributed by atoms with Gasteiger partial charge in [-0.2, -0.15) is 0 Å². The number of ether oxygens (including phenoxy) is 1. The molecular weight excluding hydrogens is 282 g/mol. The minimum Gasteiger partial charge on any atom is -0.392 e. The summed E-state index contributed by atoms with van der Waals surface area (Å²) in [6, 6.07) is 6.40. The van der Waals surface area contributed by atoms with Gasteiger partial charge in [-0.25, -0.2) is 0 Å². The van der Waals surface area contributed by atoms with Crippen molar-refractivity contribution in [1.82, 2.24) is 0 Å². The van der Waals surface area contributed by atoms with Gasteiger partial charge in [-0.05, 0) is 31.5 Å². The summed E-state index contributed by atoms with van der Waals surface area (Å²) in [5.74, 6) is 0. The van der Waals surface area contributed by atoms with Crippen molar-refractivity contribution in [1.29, 1.82) is 0 Å². The molecule has 1 N–H and O–H groups in total. The third kappa shape index (κ3) is 2.64. The highest BCUT2D eigenvalue weighted by atomic mass is 79.9. The maximum Gasteiger partial charge on any atom is 0.0750 e. The van der Waals surface area contributed by atoms with Gasteiger partial charge in [0.1, 0.15) is 0 Å². The van der Waals surface area contributed by atoms with Gasteiger partial charge in [0.05, 0.1) is 18.8 Å². The van der Waals surface area contributed by atoms with Crippen molar-refractivity contribution in [3.05, 3.63) is 28.2 Å². The van der Waals surface area contributed by atoms with Crippen LogP contribution in [0.2, 0.25) is 0 Å². The lowest BCUT2D eigenvalue weighted by atomic mass is 10.1. The van der Waals surface area contributed by atoms with Gasteiger partial charge >= 0.3 is 0 Å². The lowest BCUT2D eigenvalue weighted by Gasteiger charge is -2.30. The summed E-state index contributed by atoms with van der Waals surface area (Å²) in [5, 5.41) is 9.42. The fourth-order valence-electron chi connectivity index (χ4n) is 2.43. The standard InChI is InChI=1S/C13H18BrNO2/c1-9-12(5-6-17-9)15(2)13-4-3-11(14)7-10(13)8-16/h3-4,7,9,12,16H,5-6,8H2,1-2H3. The molecule has 0 saturated carbocycles. The SMILES string of the molecule is CC1OCCC1N(C)c1ccc(Br)cc1CO. The molecule has 2 atom stereocenters. The van der Waals surface area contributed by atoms with E-state index in [0.717, 1.165) is 28.8 Å². The predicted octanol–water partition coefficient (Wildman–Crippen LogP) is 2.56. The summed E-state index contributed by atoms with van der Waals surface area (Å²) in [6.07, 6.45) is 1.29. The first-order valence-corrected chi connectivity index (χ1v) is 6.66. The predicted molar refractivity (Wildman–Crippen MR) is 72.3 cm³/mol. The topological polar surface area (TPSA) is 32.7 Å². The second-order valence-electron chi connectivity index (χ2n) is 4.47. The number of nitrogens with zero attached hydrogens (tertiary/aromatic N) is 1. The summed E-state index contributed by atoms with van der Waals surface area (Å²) in [5.41, 5.74) is 2.03. The third-order valence-corrected chi connectivity index (χ3v) is 3.92. The van der Waals surface area contributed by atoms with E-state index in [1.807, 2.05) is 18.2 Å². The average Bonchev–Trinajstić information content (AvgIpc) is 2.74. The van der Waals surface area contributed by atoms with Crippen LogP contribution in [0.1, 0.15) is 18.9 Å². The van der Waals surface area contributed by atoms with Crippen LogP contribution < -0.4 is 4.90 Å². The van der Waals surface area contributed by atoms with Crippen LogP contribution in [0, 0.1) is 0 Å².